The van der Waals surface area contributed by atoms with E-state index in [1.165, 1.54) is 27.0 Å². The van der Waals surface area contributed by atoms with Gasteiger partial charge in [0.15, 0.2) is 11.6 Å². The van der Waals surface area contributed by atoms with Gasteiger partial charge in [0.25, 0.3) is 0 Å². The summed E-state index contributed by atoms with van der Waals surface area (Å²) >= 11 is 0. The molecule has 0 saturated carbocycles. The van der Waals surface area contributed by atoms with Crippen LogP contribution in [0.2, 0.25) is 0 Å². The second kappa shape index (κ2) is 4.08. The number of carbonyl (C=O) groups is 1. The van der Waals surface area contributed by atoms with Gasteiger partial charge in [0.2, 0.25) is 0 Å². The molecule has 0 radical (unpaired) electrons. The van der Waals surface area contributed by atoms with Crippen molar-refractivity contribution in [2.24, 2.45) is 0 Å². The minimum Gasteiger partial charge on any atom is -0.496 e. The molecule has 88 valence electrons. The molecule has 1 rings (SSSR count). The van der Waals surface area contributed by atoms with E-state index in [1.54, 1.807) is 0 Å². The molecule has 5 heteroatoms. The summed E-state index contributed by atoms with van der Waals surface area (Å²) < 4.78 is 31.5. The highest BCUT2D eigenvalue weighted by molar-refractivity contribution is 5.81. The van der Waals surface area contributed by atoms with E-state index in [1.807, 2.05) is 0 Å². The fourth-order valence-corrected chi connectivity index (χ4v) is 1.39. The molecule has 3 nitrogen and oxygen atoms in total. The zero-order valence-corrected chi connectivity index (χ0v) is 9.17. The zero-order valence-electron chi connectivity index (χ0n) is 9.17. The molecule has 0 fully saturated rings. The predicted molar refractivity (Wildman–Crippen MR) is 53.6 cm³/mol. The molecule has 0 unspecified atom stereocenters. The van der Waals surface area contributed by atoms with Gasteiger partial charge < -0.3 is 9.84 Å². The molecule has 1 N–H and O–H groups in total. The average Bonchev–Trinajstić information content (AvgIpc) is 2.21. The fraction of sp³-hybridized carbons (Fsp3) is 0.364. The maximum absolute atomic E-state index is 13.6. The highest BCUT2D eigenvalue weighted by Crippen LogP contribution is 2.35. The van der Waals surface area contributed by atoms with Gasteiger partial charge in [-0.3, -0.25) is 4.79 Å². The molecule has 0 amide bonds. The summed E-state index contributed by atoms with van der Waals surface area (Å²) in [6, 6.07) is 2.11. The first-order valence-corrected chi connectivity index (χ1v) is 4.58. The molecule has 0 aliphatic rings. The summed E-state index contributed by atoms with van der Waals surface area (Å²) in [6.07, 6.45) is 0. The van der Waals surface area contributed by atoms with Crippen LogP contribution in [0.3, 0.4) is 0 Å². The Morgan fingerprint density at radius 3 is 2.38 bits per heavy atom. The van der Waals surface area contributed by atoms with Crippen LogP contribution in [-0.2, 0) is 10.2 Å². The van der Waals surface area contributed by atoms with E-state index in [9.17, 15) is 13.6 Å². The molecule has 0 saturated heterocycles. The Morgan fingerprint density at radius 2 is 1.94 bits per heavy atom. The minimum atomic E-state index is -1.56. The summed E-state index contributed by atoms with van der Waals surface area (Å²) in [6.45, 7) is 2.57. The number of hydrogen-bond donors (Lipinski definition) is 1. The van der Waals surface area contributed by atoms with Crippen LogP contribution in [-0.4, -0.2) is 18.2 Å². The van der Waals surface area contributed by atoms with Crippen molar-refractivity contribution < 1.29 is 23.4 Å². The zero-order chi connectivity index (χ0) is 12.5. The lowest BCUT2D eigenvalue weighted by Gasteiger charge is -2.22. The van der Waals surface area contributed by atoms with Crippen molar-refractivity contribution >= 4 is 5.97 Å². The quantitative estimate of drug-likeness (QED) is 0.866. The maximum atomic E-state index is 13.6. The van der Waals surface area contributed by atoms with Gasteiger partial charge in [-0.05, 0) is 26.0 Å². The van der Waals surface area contributed by atoms with Crippen molar-refractivity contribution in [3.05, 3.63) is 29.3 Å². The van der Waals surface area contributed by atoms with Crippen molar-refractivity contribution in [1.29, 1.82) is 0 Å². The van der Waals surface area contributed by atoms with Crippen molar-refractivity contribution in [2.45, 2.75) is 19.3 Å². The molecule has 1 aromatic carbocycles. The van der Waals surface area contributed by atoms with Crippen LogP contribution in [0.4, 0.5) is 8.78 Å². The van der Waals surface area contributed by atoms with Gasteiger partial charge in [-0.1, -0.05) is 0 Å². The molecule has 0 spiro atoms. The van der Waals surface area contributed by atoms with Crippen LogP contribution in [0.5, 0.6) is 5.75 Å². The van der Waals surface area contributed by atoms with Crippen LogP contribution >= 0.6 is 0 Å². The molecule has 0 aliphatic heterocycles. The number of aliphatic carboxylic acids is 1. The number of benzene rings is 1. The number of methoxy groups -OCH3 is 1. The Hall–Kier alpha value is -1.65. The van der Waals surface area contributed by atoms with Gasteiger partial charge >= 0.3 is 5.97 Å². The SMILES string of the molecule is COc1ccc(F)c(F)c1C(C)(C)C(=O)O. The van der Waals surface area contributed by atoms with Gasteiger partial charge in [0.05, 0.1) is 12.5 Å². The van der Waals surface area contributed by atoms with Crippen LogP contribution in [0, 0.1) is 11.6 Å². The van der Waals surface area contributed by atoms with Crippen molar-refractivity contribution in [3.8, 4) is 5.75 Å². The fourth-order valence-electron chi connectivity index (χ4n) is 1.39. The largest absolute Gasteiger partial charge is 0.496 e. The Labute approximate surface area is 91.7 Å². The number of hydrogen-bond acceptors (Lipinski definition) is 2. The number of rotatable bonds is 3. The molecule has 0 aromatic heterocycles. The monoisotopic (exact) mass is 230 g/mol. The maximum Gasteiger partial charge on any atom is 0.313 e. The van der Waals surface area contributed by atoms with Crippen molar-refractivity contribution in [2.75, 3.05) is 7.11 Å². The molecule has 0 bridgehead atoms. The molecule has 0 heterocycles. The number of carboxylic acids is 1. The van der Waals surface area contributed by atoms with Gasteiger partial charge in [-0.15, -0.1) is 0 Å². The first-order chi connectivity index (χ1) is 7.32. The molecule has 0 atom stereocenters. The smallest absolute Gasteiger partial charge is 0.313 e. The van der Waals surface area contributed by atoms with Gasteiger partial charge in [-0.25, -0.2) is 8.78 Å². The lowest BCUT2D eigenvalue weighted by atomic mass is 9.83. The number of carboxylic acid groups (broad SMARTS) is 1. The molecular weight excluding hydrogens is 218 g/mol. The van der Waals surface area contributed by atoms with E-state index in [0.717, 1.165) is 6.07 Å². The Balaban J connectivity index is 3.52. The van der Waals surface area contributed by atoms with Crippen LogP contribution in [0.15, 0.2) is 12.1 Å². The second-order valence-electron chi connectivity index (χ2n) is 3.87. The Morgan fingerprint density at radius 1 is 1.38 bits per heavy atom. The molecule has 1 aromatic rings. The molecular formula is C11H12F2O3. The highest BCUT2D eigenvalue weighted by atomic mass is 19.2. The highest BCUT2D eigenvalue weighted by Gasteiger charge is 2.36. The van der Waals surface area contributed by atoms with Gasteiger partial charge in [-0.2, -0.15) is 0 Å². The van der Waals surface area contributed by atoms with E-state index in [0.29, 0.717) is 0 Å². The predicted octanol–water partition coefficient (Wildman–Crippen LogP) is 2.34. The van der Waals surface area contributed by atoms with E-state index < -0.39 is 23.0 Å². The van der Waals surface area contributed by atoms with Crippen molar-refractivity contribution in [1.82, 2.24) is 0 Å². The van der Waals surface area contributed by atoms with Crippen LogP contribution < -0.4 is 4.74 Å². The first kappa shape index (κ1) is 12.4. The topological polar surface area (TPSA) is 46.5 Å². The van der Waals surface area contributed by atoms with E-state index in [4.69, 9.17) is 9.84 Å². The first-order valence-electron chi connectivity index (χ1n) is 4.58. The molecule has 16 heavy (non-hydrogen) atoms. The summed E-state index contributed by atoms with van der Waals surface area (Å²) in [5, 5.41) is 8.99. The van der Waals surface area contributed by atoms with Gasteiger partial charge in [0, 0.05) is 5.56 Å². The average molecular weight is 230 g/mol. The van der Waals surface area contributed by atoms with Gasteiger partial charge in [0.1, 0.15) is 5.75 Å². The number of ether oxygens (including phenoxy) is 1. The Bertz CT molecular complexity index is 427. The normalized spacial score (nSPS) is 11.3. The third-order valence-electron chi connectivity index (χ3n) is 2.44. The summed E-state index contributed by atoms with van der Waals surface area (Å²) in [7, 11) is 1.27. The molecule has 0 aliphatic carbocycles. The van der Waals surface area contributed by atoms with E-state index >= 15 is 0 Å². The standard InChI is InChI=1S/C11H12F2O3/c1-11(2,10(14)15)8-7(16-3)5-4-6(12)9(8)13/h4-5H,1-3H3,(H,14,15). The third-order valence-corrected chi connectivity index (χ3v) is 2.44. The lowest BCUT2D eigenvalue weighted by molar-refractivity contribution is -0.142. The van der Waals surface area contributed by atoms with Crippen molar-refractivity contribution in [3.63, 3.8) is 0 Å². The summed E-state index contributed by atoms with van der Waals surface area (Å²) in [4.78, 5) is 11.0. The minimum absolute atomic E-state index is 0.0197. The lowest BCUT2D eigenvalue weighted by Crippen LogP contribution is -2.30. The second-order valence-corrected chi connectivity index (χ2v) is 3.87. The van der Waals surface area contributed by atoms with E-state index in [-0.39, 0.29) is 11.3 Å². The van der Waals surface area contributed by atoms with Crippen LogP contribution in [0.25, 0.3) is 0 Å². The summed E-state index contributed by atoms with van der Waals surface area (Å²) in [5.74, 6) is -3.52. The Kier molecular flexibility index (Phi) is 3.16. The van der Waals surface area contributed by atoms with E-state index in [2.05, 4.69) is 0 Å². The summed E-state index contributed by atoms with van der Waals surface area (Å²) in [5.41, 5.74) is -1.85. The number of halogens is 2. The van der Waals surface area contributed by atoms with Crippen LogP contribution in [0.1, 0.15) is 19.4 Å². The third kappa shape index (κ3) is 1.85.